The van der Waals surface area contributed by atoms with E-state index in [1.165, 1.54) is 18.2 Å². The van der Waals surface area contributed by atoms with Crippen LogP contribution >= 0.6 is 0 Å². The Bertz CT molecular complexity index is 424. The molecule has 1 unspecified atom stereocenters. The van der Waals surface area contributed by atoms with Gasteiger partial charge < -0.3 is 10.5 Å². The highest BCUT2D eigenvalue weighted by Crippen LogP contribution is 2.33. The lowest BCUT2D eigenvalue weighted by atomic mass is 9.80. The first-order valence-electron chi connectivity index (χ1n) is 5.72. The van der Waals surface area contributed by atoms with Crippen LogP contribution in [0.25, 0.3) is 0 Å². The lowest BCUT2D eigenvalue weighted by molar-refractivity contribution is -0.152. The minimum Gasteiger partial charge on any atom is -0.469 e. The fourth-order valence-corrected chi connectivity index (χ4v) is 1.76. The molecule has 0 fully saturated rings. The summed E-state index contributed by atoms with van der Waals surface area (Å²) >= 11 is 0. The molecular weight excluding hydrogens is 214 g/mol. The number of hydrogen-bond acceptors (Lipinski definition) is 3. The van der Waals surface area contributed by atoms with Gasteiger partial charge in [-0.3, -0.25) is 4.79 Å². The number of esters is 1. The lowest BCUT2D eigenvalue weighted by Crippen LogP contribution is -2.37. The van der Waals surface area contributed by atoms with Crippen LogP contribution in [-0.4, -0.2) is 13.1 Å². The van der Waals surface area contributed by atoms with Gasteiger partial charge in [0.05, 0.1) is 12.5 Å². The molecule has 0 aliphatic heterocycles. The second kappa shape index (κ2) is 4.88. The molecule has 0 aliphatic rings. The number of ether oxygens (including phenoxy) is 1. The number of hydrogen-bond donors (Lipinski definition) is 1. The molecule has 3 heteroatoms. The van der Waals surface area contributed by atoms with Crippen molar-refractivity contribution in [3.05, 3.63) is 34.9 Å². The van der Waals surface area contributed by atoms with Crippen LogP contribution < -0.4 is 5.73 Å². The largest absolute Gasteiger partial charge is 0.469 e. The molecule has 94 valence electrons. The van der Waals surface area contributed by atoms with E-state index in [0.29, 0.717) is 0 Å². The van der Waals surface area contributed by atoms with Gasteiger partial charge >= 0.3 is 5.97 Å². The van der Waals surface area contributed by atoms with E-state index in [9.17, 15) is 4.79 Å². The minimum atomic E-state index is -0.726. The third-order valence-corrected chi connectivity index (χ3v) is 3.38. The van der Waals surface area contributed by atoms with Gasteiger partial charge in [0.2, 0.25) is 0 Å². The summed E-state index contributed by atoms with van der Waals surface area (Å²) in [6.07, 6.45) is 0. The first-order valence-corrected chi connectivity index (χ1v) is 5.72. The summed E-state index contributed by atoms with van der Waals surface area (Å²) in [6.45, 7) is 7.70. The SMILES string of the molecule is COC(=O)C(C)(C)C(N)c1ccc(C)c(C)c1. The van der Waals surface area contributed by atoms with Gasteiger partial charge in [-0.1, -0.05) is 18.2 Å². The highest BCUT2D eigenvalue weighted by atomic mass is 16.5. The zero-order chi connectivity index (χ0) is 13.2. The zero-order valence-corrected chi connectivity index (χ0v) is 11.2. The molecular formula is C14H21NO2. The Morgan fingerprint density at radius 2 is 1.88 bits per heavy atom. The molecule has 0 aliphatic carbocycles. The van der Waals surface area contributed by atoms with Crippen LogP contribution in [-0.2, 0) is 9.53 Å². The summed E-state index contributed by atoms with van der Waals surface area (Å²) in [6, 6.07) is 5.66. The van der Waals surface area contributed by atoms with Crippen LogP contribution in [0, 0.1) is 19.3 Å². The van der Waals surface area contributed by atoms with Crippen molar-refractivity contribution in [3.63, 3.8) is 0 Å². The number of aryl methyl sites for hydroxylation is 2. The van der Waals surface area contributed by atoms with Crippen LogP contribution in [0.3, 0.4) is 0 Å². The molecule has 1 aromatic rings. The minimum absolute atomic E-state index is 0.289. The first-order chi connectivity index (χ1) is 7.80. The number of methoxy groups -OCH3 is 1. The van der Waals surface area contributed by atoms with E-state index < -0.39 is 5.41 Å². The second-order valence-corrected chi connectivity index (χ2v) is 5.03. The van der Waals surface area contributed by atoms with Crippen molar-refractivity contribution in [2.45, 2.75) is 33.7 Å². The standard InChI is InChI=1S/C14H21NO2/c1-9-6-7-11(8-10(9)2)12(15)14(3,4)13(16)17-5/h6-8,12H,15H2,1-5H3. The summed E-state index contributed by atoms with van der Waals surface area (Å²) < 4.78 is 4.79. The quantitative estimate of drug-likeness (QED) is 0.819. The Balaban J connectivity index is 3.07. The highest BCUT2D eigenvalue weighted by molar-refractivity contribution is 5.77. The molecule has 17 heavy (non-hydrogen) atoms. The molecule has 0 saturated heterocycles. The molecule has 3 nitrogen and oxygen atoms in total. The average Bonchev–Trinajstić information content (AvgIpc) is 2.30. The van der Waals surface area contributed by atoms with Crippen LogP contribution in [0.2, 0.25) is 0 Å². The van der Waals surface area contributed by atoms with Crippen LogP contribution in [0.4, 0.5) is 0 Å². The van der Waals surface area contributed by atoms with E-state index in [2.05, 4.69) is 6.92 Å². The van der Waals surface area contributed by atoms with Gasteiger partial charge in [0.25, 0.3) is 0 Å². The third kappa shape index (κ3) is 2.67. The number of rotatable bonds is 3. The van der Waals surface area contributed by atoms with Gasteiger partial charge in [-0.2, -0.15) is 0 Å². The Labute approximate surface area is 103 Å². The maximum atomic E-state index is 11.7. The van der Waals surface area contributed by atoms with Crippen molar-refractivity contribution < 1.29 is 9.53 Å². The molecule has 0 amide bonds. The summed E-state index contributed by atoms with van der Waals surface area (Å²) in [5.41, 5.74) is 8.80. The van der Waals surface area contributed by atoms with Gasteiger partial charge in [-0.15, -0.1) is 0 Å². The van der Waals surface area contributed by atoms with Crippen molar-refractivity contribution in [2.75, 3.05) is 7.11 Å². The van der Waals surface area contributed by atoms with E-state index in [1.54, 1.807) is 13.8 Å². The predicted octanol–water partition coefficient (Wildman–Crippen LogP) is 2.50. The maximum absolute atomic E-state index is 11.7. The molecule has 0 heterocycles. The molecule has 1 rings (SSSR count). The van der Waals surface area contributed by atoms with Crippen molar-refractivity contribution in [3.8, 4) is 0 Å². The fourth-order valence-electron chi connectivity index (χ4n) is 1.76. The van der Waals surface area contributed by atoms with Crippen molar-refractivity contribution in [1.82, 2.24) is 0 Å². The molecule has 2 N–H and O–H groups in total. The summed E-state index contributed by atoms with van der Waals surface area (Å²) in [5.74, 6) is -0.289. The molecule has 0 bridgehead atoms. The number of carbonyl (C=O) groups excluding carboxylic acids is 1. The summed E-state index contributed by atoms with van der Waals surface area (Å²) in [7, 11) is 1.39. The maximum Gasteiger partial charge on any atom is 0.313 e. The molecule has 0 saturated carbocycles. The van der Waals surface area contributed by atoms with Gasteiger partial charge in [0, 0.05) is 6.04 Å². The van der Waals surface area contributed by atoms with Crippen molar-refractivity contribution in [2.24, 2.45) is 11.1 Å². The monoisotopic (exact) mass is 235 g/mol. The molecule has 0 aromatic heterocycles. The van der Waals surface area contributed by atoms with Gasteiger partial charge in [0.1, 0.15) is 0 Å². The summed E-state index contributed by atoms with van der Waals surface area (Å²) in [4.78, 5) is 11.7. The summed E-state index contributed by atoms with van der Waals surface area (Å²) in [5, 5.41) is 0. The van der Waals surface area contributed by atoms with Crippen LogP contribution in [0.5, 0.6) is 0 Å². The Morgan fingerprint density at radius 1 is 1.29 bits per heavy atom. The smallest absolute Gasteiger partial charge is 0.313 e. The highest BCUT2D eigenvalue weighted by Gasteiger charge is 2.36. The second-order valence-electron chi connectivity index (χ2n) is 5.03. The Morgan fingerprint density at radius 3 is 2.35 bits per heavy atom. The van der Waals surface area contributed by atoms with Crippen molar-refractivity contribution in [1.29, 1.82) is 0 Å². The number of nitrogens with two attached hydrogens (primary N) is 1. The lowest BCUT2D eigenvalue weighted by Gasteiger charge is -2.29. The third-order valence-electron chi connectivity index (χ3n) is 3.38. The van der Waals surface area contributed by atoms with Crippen molar-refractivity contribution >= 4 is 5.97 Å². The van der Waals surface area contributed by atoms with Crippen LogP contribution in [0.15, 0.2) is 18.2 Å². The van der Waals surface area contributed by atoms with Gasteiger partial charge in [-0.05, 0) is 44.4 Å². The topological polar surface area (TPSA) is 52.3 Å². The van der Waals surface area contributed by atoms with E-state index in [-0.39, 0.29) is 12.0 Å². The fraction of sp³-hybridized carbons (Fsp3) is 0.500. The first kappa shape index (κ1) is 13.7. The van der Waals surface area contributed by atoms with Gasteiger partial charge in [-0.25, -0.2) is 0 Å². The number of carbonyl (C=O) groups is 1. The Kier molecular flexibility index (Phi) is 3.94. The van der Waals surface area contributed by atoms with E-state index in [1.807, 2.05) is 25.1 Å². The average molecular weight is 235 g/mol. The van der Waals surface area contributed by atoms with Gasteiger partial charge in [0.15, 0.2) is 0 Å². The zero-order valence-electron chi connectivity index (χ0n) is 11.2. The van der Waals surface area contributed by atoms with E-state index >= 15 is 0 Å². The van der Waals surface area contributed by atoms with Crippen LogP contribution in [0.1, 0.15) is 36.6 Å². The molecule has 1 atom stereocenters. The van der Waals surface area contributed by atoms with E-state index in [4.69, 9.17) is 10.5 Å². The molecule has 0 radical (unpaired) electrons. The number of benzene rings is 1. The Hall–Kier alpha value is -1.35. The molecule has 1 aromatic carbocycles. The molecule has 0 spiro atoms. The normalized spacial score (nSPS) is 13.3. The predicted molar refractivity (Wildman–Crippen MR) is 68.6 cm³/mol. The van der Waals surface area contributed by atoms with E-state index in [0.717, 1.165) is 5.56 Å².